The van der Waals surface area contributed by atoms with Gasteiger partial charge in [0.05, 0.1) is 0 Å². The van der Waals surface area contributed by atoms with Gasteiger partial charge in [0.1, 0.15) is 0 Å². The second kappa shape index (κ2) is 12.4. The average molecular weight is 397 g/mol. The fraction of sp³-hybridized carbons (Fsp3) is 0.800. The maximum absolute atomic E-state index is 10.7. The summed E-state index contributed by atoms with van der Waals surface area (Å²) < 4.78 is 0. The number of carbonyl (C=O) groups is 4. The Balaban J connectivity index is 0.000000188. The van der Waals surface area contributed by atoms with Crippen LogP contribution in [0.25, 0.3) is 0 Å². The fourth-order valence-electron chi connectivity index (χ4n) is 3.06. The van der Waals surface area contributed by atoms with Gasteiger partial charge in [-0.2, -0.15) is 0 Å². The van der Waals surface area contributed by atoms with E-state index in [1.165, 1.54) is 0 Å². The van der Waals surface area contributed by atoms with E-state index in [2.05, 4.69) is 17.6 Å². The molecule has 4 amide bonds. The summed E-state index contributed by atoms with van der Waals surface area (Å²) in [6.45, 7) is 5.94. The maximum atomic E-state index is 10.7. The molecule has 0 aliphatic carbocycles. The van der Waals surface area contributed by atoms with Crippen molar-refractivity contribution in [3.05, 3.63) is 0 Å². The zero-order valence-electron chi connectivity index (χ0n) is 17.8. The van der Waals surface area contributed by atoms with Crippen LogP contribution in [0.2, 0.25) is 0 Å². The average Bonchev–Trinajstić information content (AvgIpc) is 3.42. The van der Waals surface area contributed by atoms with Crippen LogP contribution in [0.3, 0.4) is 0 Å². The summed E-state index contributed by atoms with van der Waals surface area (Å²) in [6, 6.07) is 0.898. The number of amides is 4. The van der Waals surface area contributed by atoms with Crippen LogP contribution in [0.5, 0.6) is 0 Å². The Labute approximate surface area is 168 Å². The molecule has 0 spiro atoms. The van der Waals surface area contributed by atoms with Crippen LogP contribution in [0.4, 0.5) is 0 Å². The molecule has 160 valence electrons. The molecule has 8 heteroatoms. The van der Waals surface area contributed by atoms with Gasteiger partial charge in [-0.25, -0.2) is 0 Å². The van der Waals surface area contributed by atoms with E-state index in [-0.39, 0.29) is 17.7 Å². The summed E-state index contributed by atoms with van der Waals surface area (Å²) in [6.07, 6.45) is 7.09. The lowest BCUT2D eigenvalue weighted by molar-refractivity contribution is -0.127. The van der Waals surface area contributed by atoms with Gasteiger partial charge in [0, 0.05) is 65.0 Å². The molecule has 0 aromatic carbocycles. The van der Waals surface area contributed by atoms with Crippen LogP contribution in [-0.2, 0) is 19.2 Å². The zero-order valence-corrected chi connectivity index (χ0v) is 17.8. The van der Waals surface area contributed by atoms with Gasteiger partial charge >= 0.3 is 0 Å². The number of hydrogen-bond donors (Lipinski definition) is 2. The molecule has 4 saturated heterocycles. The molecule has 4 rings (SSSR count). The van der Waals surface area contributed by atoms with Crippen LogP contribution >= 0.6 is 0 Å². The third-order valence-corrected chi connectivity index (χ3v) is 5.26. The van der Waals surface area contributed by atoms with Crippen LogP contribution in [0, 0.1) is 0 Å². The van der Waals surface area contributed by atoms with Gasteiger partial charge < -0.3 is 20.4 Å². The monoisotopic (exact) mass is 396 g/mol. The fourth-order valence-corrected chi connectivity index (χ4v) is 3.06. The Bertz CT molecular complexity index is 544. The Kier molecular flexibility index (Phi) is 10.6. The van der Waals surface area contributed by atoms with Gasteiger partial charge in [0.15, 0.2) is 0 Å². The van der Waals surface area contributed by atoms with Crippen molar-refractivity contribution >= 4 is 23.6 Å². The molecule has 0 aromatic rings. The Morgan fingerprint density at radius 3 is 1.68 bits per heavy atom. The summed E-state index contributed by atoms with van der Waals surface area (Å²) in [5.74, 6) is 0.986. The molecule has 4 fully saturated rings. The number of rotatable bonds is 0. The van der Waals surface area contributed by atoms with E-state index in [1.54, 1.807) is 9.80 Å². The third kappa shape index (κ3) is 9.19. The first-order valence-corrected chi connectivity index (χ1v) is 10.3. The van der Waals surface area contributed by atoms with Crippen molar-refractivity contribution in [1.29, 1.82) is 0 Å². The minimum atomic E-state index is 0.201. The predicted octanol–water partition coefficient (Wildman–Crippen LogP) is 1.05. The van der Waals surface area contributed by atoms with Gasteiger partial charge in [0.25, 0.3) is 0 Å². The topological polar surface area (TPSA) is 98.8 Å². The number of hydrogen-bond acceptors (Lipinski definition) is 4. The molecule has 8 nitrogen and oxygen atoms in total. The molecule has 2 N–H and O–H groups in total. The first-order valence-electron chi connectivity index (χ1n) is 10.3. The van der Waals surface area contributed by atoms with Crippen LogP contribution in [0.1, 0.15) is 65.2 Å². The van der Waals surface area contributed by atoms with E-state index in [0.29, 0.717) is 18.0 Å². The highest BCUT2D eigenvalue weighted by molar-refractivity contribution is 5.79. The molecule has 0 aromatic heterocycles. The SMILES string of the molecule is CC1CCC(=O)N1.CC1CCC(=O)N1C.CN1CCCC1=O.O=C1CCCN1. The smallest absolute Gasteiger partial charge is 0.222 e. The quantitative estimate of drug-likeness (QED) is 0.639. The highest BCUT2D eigenvalue weighted by atomic mass is 16.2. The minimum Gasteiger partial charge on any atom is -0.356 e. The third-order valence-electron chi connectivity index (χ3n) is 5.26. The molecule has 4 aliphatic heterocycles. The van der Waals surface area contributed by atoms with Gasteiger partial charge in [-0.1, -0.05) is 0 Å². The molecule has 2 unspecified atom stereocenters. The molecule has 2 atom stereocenters. The second-order valence-electron chi connectivity index (χ2n) is 7.77. The normalized spacial score (nSPS) is 25.9. The van der Waals surface area contributed by atoms with E-state index in [1.807, 2.05) is 21.0 Å². The van der Waals surface area contributed by atoms with Crippen LogP contribution in [-0.4, -0.2) is 72.7 Å². The first-order chi connectivity index (χ1) is 13.2. The van der Waals surface area contributed by atoms with E-state index in [4.69, 9.17) is 0 Å². The number of likely N-dealkylation sites (tertiary alicyclic amines) is 2. The van der Waals surface area contributed by atoms with Crippen molar-refractivity contribution in [2.24, 2.45) is 0 Å². The van der Waals surface area contributed by atoms with Crippen molar-refractivity contribution in [1.82, 2.24) is 20.4 Å². The molecule has 4 aliphatic rings. The largest absolute Gasteiger partial charge is 0.356 e. The lowest BCUT2D eigenvalue weighted by Gasteiger charge is -2.13. The number of nitrogens with one attached hydrogen (secondary N) is 2. The van der Waals surface area contributed by atoms with E-state index in [9.17, 15) is 19.2 Å². The Hall–Kier alpha value is -2.12. The Morgan fingerprint density at radius 2 is 1.54 bits per heavy atom. The first kappa shape index (κ1) is 23.9. The summed E-state index contributed by atoms with van der Waals surface area (Å²) in [4.78, 5) is 45.3. The molecular formula is C20H36N4O4. The van der Waals surface area contributed by atoms with Crippen molar-refractivity contribution in [2.45, 2.75) is 77.3 Å². The predicted molar refractivity (Wildman–Crippen MR) is 107 cm³/mol. The molecule has 4 heterocycles. The van der Waals surface area contributed by atoms with Crippen molar-refractivity contribution in [3.63, 3.8) is 0 Å². The van der Waals surface area contributed by atoms with Gasteiger partial charge in [-0.05, 0) is 39.5 Å². The zero-order chi connectivity index (χ0) is 21.1. The van der Waals surface area contributed by atoms with E-state index >= 15 is 0 Å². The summed E-state index contributed by atoms with van der Waals surface area (Å²) in [5.41, 5.74) is 0. The lowest BCUT2D eigenvalue weighted by Crippen LogP contribution is -2.25. The summed E-state index contributed by atoms with van der Waals surface area (Å²) >= 11 is 0. The van der Waals surface area contributed by atoms with Gasteiger partial charge in [-0.15, -0.1) is 0 Å². The number of nitrogens with zero attached hydrogens (tertiary/aromatic N) is 2. The summed E-state index contributed by atoms with van der Waals surface area (Å²) in [7, 11) is 3.70. The molecule has 0 saturated carbocycles. The van der Waals surface area contributed by atoms with Crippen LogP contribution in [0.15, 0.2) is 0 Å². The standard InChI is InChI=1S/C6H11NO.2C5H9NO.C4H7NO/c1-5-3-4-6(8)7(5)2;1-6-4-2-3-5(6)7;1-4-2-3-5(7)6-4;6-4-2-1-3-5-4/h5H,3-4H2,1-2H3;2-4H2,1H3;4H,2-3H2,1H3,(H,6,7);1-3H2,(H,5,6). The Morgan fingerprint density at radius 1 is 0.821 bits per heavy atom. The van der Waals surface area contributed by atoms with Crippen molar-refractivity contribution in [2.75, 3.05) is 27.2 Å². The van der Waals surface area contributed by atoms with E-state index < -0.39 is 0 Å². The molecule has 0 radical (unpaired) electrons. The number of carbonyl (C=O) groups excluding carboxylic acids is 4. The highest BCUT2D eigenvalue weighted by Crippen LogP contribution is 2.14. The second-order valence-corrected chi connectivity index (χ2v) is 7.77. The van der Waals surface area contributed by atoms with Crippen molar-refractivity contribution < 1.29 is 19.2 Å². The van der Waals surface area contributed by atoms with Crippen molar-refractivity contribution in [3.8, 4) is 0 Å². The minimum absolute atomic E-state index is 0.201. The van der Waals surface area contributed by atoms with Gasteiger partial charge in [-0.3, -0.25) is 19.2 Å². The molecule has 0 bridgehead atoms. The van der Waals surface area contributed by atoms with E-state index in [0.717, 1.165) is 64.5 Å². The summed E-state index contributed by atoms with van der Waals surface area (Å²) in [5, 5.41) is 5.46. The van der Waals surface area contributed by atoms with Gasteiger partial charge in [0.2, 0.25) is 23.6 Å². The molecular weight excluding hydrogens is 360 g/mol. The highest BCUT2D eigenvalue weighted by Gasteiger charge is 2.22. The molecule has 28 heavy (non-hydrogen) atoms. The van der Waals surface area contributed by atoms with Crippen LogP contribution < -0.4 is 10.6 Å². The maximum Gasteiger partial charge on any atom is 0.222 e. The lowest BCUT2D eigenvalue weighted by atomic mass is 10.2.